The van der Waals surface area contributed by atoms with Crippen molar-refractivity contribution in [1.82, 2.24) is 4.57 Å². The van der Waals surface area contributed by atoms with E-state index in [4.69, 9.17) is 12.2 Å². The molecule has 0 radical (unpaired) electrons. The molecule has 0 spiro atoms. The monoisotopic (exact) mass is 184 g/mol. The number of aromatic nitrogens is 1. The number of benzene rings is 1. The van der Waals surface area contributed by atoms with Crippen LogP contribution in [0.4, 0.5) is 0 Å². The average Bonchev–Trinajstić information content (AvgIpc) is 2.58. The van der Waals surface area contributed by atoms with Gasteiger partial charge in [-0.25, -0.2) is 0 Å². The summed E-state index contributed by atoms with van der Waals surface area (Å²) in [6.07, 6.45) is 5.32. The van der Waals surface area contributed by atoms with Crippen LogP contribution in [0.2, 0.25) is 0 Å². The summed E-state index contributed by atoms with van der Waals surface area (Å²) in [5, 5.41) is 1.20. The van der Waals surface area contributed by atoms with E-state index >= 15 is 0 Å². The van der Waals surface area contributed by atoms with Crippen LogP contribution in [0.5, 0.6) is 0 Å². The van der Waals surface area contributed by atoms with Crippen molar-refractivity contribution in [3.8, 4) is 12.3 Å². The Morgan fingerprint density at radius 3 is 2.86 bits per heavy atom. The van der Waals surface area contributed by atoms with Crippen molar-refractivity contribution >= 4 is 10.9 Å². The molecule has 0 saturated heterocycles. The minimum atomic E-state index is 0.524. The number of terminal acetylenes is 1. The molecule has 0 aliphatic rings. The van der Waals surface area contributed by atoms with Gasteiger partial charge in [-0.05, 0) is 17.5 Å². The van der Waals surface area contributed by atoms with Gasteiger partial charge in [-0.3, -0.25) is 0 Å². The molecule has 2 heteroatoms. The summed E-state index contributed by atoms with van der Waals surface area (Å²) in [5.74, 6) is 2.64. The Balaban J connectivity index is 2.69. The second-order valence-corrected chi connectivity index (χ2v) is 3.19. The fourth-order valence-corrected chi connectivity index (χ4v) is 1.71. The van der Waals surface area contributed by atoms with Crippen molar-refractivity contribution in [2.24, 2.45) is 5.73 Å². The topological polar surface area (TPSA) is 30.9 Å². The van der Waals surface area contributed by atoms with E-state index in [0.29, 0.717) is 13.1 Å². The molecule has 14 heavy (non-hydrogen) atoms. The van der Waals surface area contributed by atoms with E-state index in [1.54, 1.807) is 0 Å². The molecule has 1 aromatic carbocycles. The molecule has 0 unspecified atom stereocenters. The molecule has 0 aliphatic carbocycles. The molecule has 0 saturated carbocycles. The van der Waals surface area contributed by atoms with Gasteiger partial charge in [0.05, 0.1) is 6.54 Å². The molecule has 0 fully saturated rings. The number of nitrogens with zero attached hydrogens (tertiary/aromatic N) is 1. The summed E-state index contributed by atoms with van der Waals surface area (Å²) in [6, 6.07) is 10.2. The van der Waals surface area contributed by atoms with Gasteiger partial charge in [-0.15, -0.1) is 6.42 Å². The molecule has 2 nitrogen and oxygen atoms in total. The van der Waals surface area contributed by atoms with Gasteiger partial charge < -0.3 is 10.3 Å². The summed E-state index contributed by atoms with van der Waals surface area (Å²) < 4.78 is 2.08. The highest BCUT2D eigenvalue weighted by Gasteiger charge is 2.04. The van der Waals surface area contributed by atoms with E-state index in [9.17, 15) is 0 Å². The van der Waals surface area contributed by atoms with E-state index in [-0.39, 0.29) is 0 Å². The number of nitrogens with two attached hydrogens (primary N) is 1. The minimum absolute atomic E-state index is 0.524. The highest BCUT2D eigenvalue weighted by Crippen LogP contribution is 2.18. The van der Waals surface area contributed by atoms with E-state index in [1.165, 1.54) is 5.39 Å². The second-order valence-electron chi connectivity index (χ2n) is 3.19. The lowest BCUT2D eigenvalue weighted by Gasteiger charge is -2.04. The van der Waals surface area contributed by atoms with Gasteiger partial charge >= 0.3 is 0 Å². The van der Waals surface area contributed by atoms with Crippen molar-refractivity contribution in [3.05, 3.63) is 36.0 Å². The van der Waals surface area contributed by atoms with Crippen molar-refractivity contribution in [1.29, 1.82) is 0 Å². The van der Waals surface area contributed by atoms with Crippen LogP contribution in [0, 0.1) is 12.3 Å². The van der Waals surface area contributed by atoms with Crippen LogP contribution in [-0.4, -0.2) is 4.57 Å². The lowest BCUT2D eigenvalue weighted by molar-refractivity contribution is 0.800. The van der Waals surface area contributed by atoms with Crippen LogP contribution in [0.15, 0.2) is 30.3 Å². The zero-order valence-corrected chi connectivity index (χ0v) is 7.90. The fourth-order valence-electron chi connectivity index (χ4n) is 1.71. The maximum absolute atomic E-state index is 5.66. The van der Waals surface area contributed by atoms with E-state index < -0.39 is 0 Å². The first kappa shape index (κ1) is 8.86. The average molecular weight is 184 g/mol. The molecular weight excluding hydrogens is 172 g/mol. The largest absolute Gasteiger partial charge is 0.332 e. The van der Waals surface area contributed by atoms with E-state index in [2.05, 4.69) is 28.7 Å². The van der Waals surface area contributed by atoms with Crippen LogP contribution in [0.1, 0.15) is 5.69 Å². The summed E-state index contributed by atoms with van der Waals surface area (Å²) in [7, 11) is 0. The predicted octanol–water partition coefficient (Wildman–Crippen LogP) is 1.73. The van der Waals surface area contributed by atoms with Gasteiger partial charge in [0.2, 0.25) is 0 Å². The van der Waals surface area contributed by atoms with Crippen LogP contribution in [0.25, 0.3) is 10.9 Å². The van der Waals surface area contributed by atoms with Crippen molar-refractivity contribution in [3.63, 3.8) is 0 Å². The van der Waals surface area contributed by atoms with Gasteiger partial charge in [-0.2, -0.15) is 0 Å². The van der Waals surface area contributed by atoms with E-state index in [1.807, 2.05) is 12.1 Å². The normalized spacial score (nSPS) is 10.3. The molecule has 2 aromatic rings. The quantitative estimate of drug-likeness (QED) is 0.708. The molecule has 1 aromatic heterocycles. The number of para-hydroxylation sites is 1. The standard InChI is InChI=1S/C12H12N2/c1-2-7-14-11(9-13)8-10-5-3-4-6-12(10)14/h1,3-6,8H,7,9,13H2. The predicted molar refractivity (Wildman–Crippen MR) is 58.7 cm³/mol. The number of hydrogen-bond donors (Lipinski definition) is 1. The second kappa shape index (κ2) is 3.57. The third-order valence-electron chi connectivity index (χ3n) is 2.35. The Hall–Kier alpha value is -1.72. The first-order valence-electron chi connectivity index (χ1n) is 4.57. The maximum atomic E-state index is 5.66. The molecule has 0 atom stereocenters. The van der Waals surface area contributed by atoms with Crippen LogP contribution >= 0.6 is 0 Å². The third-order valence-corrected chi connectivity index (χ3v) is 2.35. The van der Waals surface area contributed by atoms with Crippen molar-refractivity contribution in [2.75, 3.05) is 0 Å². The van der Waals surface area contributed by atoms with Crippen LogP contribution in [0.3, 0.4) is 0 Å². The molecule has 0 bridgehead atoms. The minimum Gasteiger partial charge on any atom is -0.332 e. The maximum Gasteiger partial charge on any atom is 0.0838 e. The van der Waals surface area contributed by atoms with Gasteiger partial charge in [0.15, 0.2) is 0 Å². The first-order valence-corrected chi connectivity index (χ1v) is 4.57. The van der Waals surface area contributed by atoms with Gasteiger partial charge in [0, 0.05) is 17.8 Å². The molecule has 70 valence electrons. The summed E-state index contributed by atoms with van der Waals surface area (Å²) in [4.78, 5) is 0. The zero-order valence-electron chi connectivity index (χ0n) is 7.90. The fraction of sp³-hybridized carbons (Fsp3) is 0.167. The van der Waals surface area contributed by atoms with E-state index in [0.717, 1.165) is 11.2 Å². The Kier molecular flexibility index (Phi) is 2.26. The molecular formula is C12H12N2. The third kappa shape index (κ3) is 1.28. The van der Waals surface area contributed by atoms with Gasteiger partial charge in [0.1, 0.15) is 0 Å². The number of hydrogen-bond acceptors (Lipinski definition) is 1. The SMILES string of the molecule is C#CCn1c(CN)cc2ccccc21. The Morgan fingerprint density at radius 2 is 2.14 bits per heavy atom. The van der Waals surface area contributed by atoms with Crippen molar-refractivity contribution in [2.45, 2.75) is 13.1 Å². The zero-order chi connectivity index (χ0) is 9.97. The summed E-state index contributed by atoms with van der Waals surface area (Å²) in [5.41, 5.74) is 7.90. The number of fused-ring (bicyclic) bond motifs is 1. The molecule has 2 N–H and O–H groups in total. The Labute approximate surface area is 83.3 Å². The Bertz CT molecular complexity index is 488. The molecule has 1 heterocycles. The lowest BCUT2D eigenvalue weighted by atomic mass is 10.2. The van der Waals surface area contributed by atoms with Crippen LogP contribution < -0.4 is 5.73 Å². The highest BCUT2D eigenvalue weighted by molar-refractivity contribution is 5.81. The van der Waals surface area contributed by atoms with Gasteiger partial charge in [0.25, 0.3) is 0 Å². The Morgan fingerprint density at radius 1 is 1.36 bits per heavy atom. The summed E-state index contributed by atoms with van der Waals surface area (Å²) in [6.45, 7) is 1.11. The molecule has 0 amide bonds. The van der Waals surface area contributed by atoms with Gasteiger partial charge in [-0.1, -0.05) is 24.1 Å². The summed E-state index contributed by atoms with van der Waals surface area (Å²) >= 11 is 0. The highest BCUT2D eigenvalue weighted by atomic mass is 15.0. The van der Waals surface area contributed by atoms with Crippen LogP contribution in [-0.2, 0) is 13.1 Å². The lowest BCUT2D eigenvalue weighted by Crippen LogP contribution is -2.06. The molecule has 0 aliphatic heterocycles. The molecule has 2 rings (SSSR count). The smallest absolute Gasteiger partial charge is 0.0838 e. The number of rotatable bonds is 2. The van der Waals surface area contributed by atoms with Crippen molar-refractivity contribution < 1.29 is 0 Å². The first-order chi connectivity index (χ1) is 6.86.